The fraction of sp³-hybridized carbons (Fsp3) is 0.450. The molecule has 4 rings (SSSR count). The third kappa shape index (κ3) is 3.14. The molecular weight excluding hydrogens is 346 g/mol. The van der Waals surface area contributed by atoms with Crippen molar-refractivity contribution in [3.63, 3.8) is 0 Å². The highest BCUT2D eigenvalue weighted by molar-refractivity contribution is 7.20. The molecule has 136 valence electrons. The van der Waals surface area contributed by atoms with Gasteiger partial charge < -0.3 is 5.32 Å². The minimum atomic E-state index is -0.131. The third-order valence-electron chi connectivity index (χ3n) is 5.16. The van der Waals surface area contributed by atoms with Crippen LogP contribution in [0.4, 0.5) is 0 Å². The Morgan fingerprint density at radius 3 is 2.92 bits per heavy atom. The van der Waals surface area contributed by atoms with E-state index in [4.69, 9.17) is 0 Å². The zero-order valence-corrected chi connectivity index (χ0v) is 16.1. The summed E-state index contributed by atoms with van der Waals surface area (Å²) in [5.74, 6) is 0.499. The molecule has 26 heavy (non-hydrogen) atoms. The van der Waals surface area contributed by atoms with Crippen LogP contribution in [0.15, 0.2) is 35.3 Å². The molecule has 0 radical (unpaired) electrons. The molecule has 1 amide bonds. The Bertz CT molecular complexity index is 1050. The molecule has 0 bridgehead atoms. The van der Waals surface area contributed by atoms with E-state index in [-0.39, 0.29) is 22.9 Å². The van der Waals surface area contributed by atoms with Crippen molar-refractivity contribution < 1.29 is 4.79 Å². The van der Waals surface area contributed by atoms with E-state index in [0.29, 0.717) is 26.7 Å². The third-order valence-corrected chi connectivity index (χ3v) is 6.19. The molecule has 5 nitrogen and oxygen atoms in total. The van der Waals surface area contributed by atoms with Gasteiger partial charge in [-0.25, -0.2) is 4.98 Å². The molecule has 0 aromatic carbocycles. The van der Waals surface area contributed by atoms with Gasteiger partial charge in [0.2, 0.25) is 0 Å². The molecule has 0 spiro atoms. The Morgan fingerprint density at radius 1 is 1.35 bits per heavy atom. The highest BCUT2D eigenvalue weighted by Crippen LogP contribution is 2.38. The minimum absolute atomic E-state index is 0.101. The second-order valence-electron chi connectivity index (χ2n) is 8.26. The zero-order chi connectivity index (χ0) is 18.5. The van der Waals surface area contributed by atoms with Gasteiger partial charge in [-0.1, -0.05) is 26.8 Å². The Balaban J connectivity index is 1.64. The van der Waals surface area contributed by atoms with Gasteiger partial charge in [0.25, 0.3) is 11.5 Å². The first kappa shape index (κ1) is 17.2. The van der Waals surface area contributed by atoms with Crippen LogP contribution in [0.2, 0.25) is 0 Å². The van der Waals surface area contributed by atoms with Crippen LogP contribution in [0.25, 0.3) is 15.9 Å². The van der Waals surface area contributed by atoms with E-state index in [2.05, 4.69) is 31.1 Å². The van der Waals surface area contributed by atoms with Crippen molar-refractivity contribution in [3.8, 4) is 0 Å². The molecule has 1 N–H and O–H groups in total. The monoisotopic (exact) mass is 369 g/mol. The quantitative estimate of drug-likeness (QED) is 0.746. The first-order chi connectivity index (χ1) is 12.3. The number of pyridine rings is 1. The van der Waals surface area contributed by atoms with Crippen molar-refractivity contribution in [1.29, 1.82) is 0 Å². The summed E-state index contributed by atoms with van der Waals surface area (Å²) in [7, 11) is 0. The normalized spacial score (nSPS) is 22.6. The fourth-order valence-corrected chi connectivity index (χ4v) is 5.30. The average Bonchev–Trinajstić information content (AvgIpc) is 2.97. The number of nitrogens with zero attached hydrogens (tertiary/aromatic N) is 2. The van der Waals surface area contributed by atoms with Crippen LogP contribution in [0.3, 0.4) is 0 Å². The molecule has 0 saturated heterocycles. The van der Waals surface area contributed by atoms with Crippen LogP contribution in [0, 0.1) is 11.3 Å². The number of fused-ring (bicyclic) bond motifs is 2. The average molecular weight is 369 g/mol. The molecule has 3 aromatic heterocycles. The van der Waals surface area contributed by atoms with E-state index in [1.165, 1.54) is 22.2 Å². The summed E-state index contributed by atoms with van der Waals surface area (Å²) in [5.41, 5.74) is 0.712. The number of nitrogens with one attached hydrogen (secondary N) is 1. The maximum atomic E-state index is 12.8. The van der Waals surface area contributed by atoms with Crippen molar-refractivity contribution in [3.05, 3.63) is 45.7 Å². The van der Waals surface area contributed by atoms with Gasteiger partial charge in [0.1, 0.15) is 10.5 Å². The predicted octanol–water partition coefficient (Wildman–Crippen LogP) is 3.85. The minimum Gasteiger partial charge on any atom is -0.349 e. The molecule has 2 atom stereocenters. The highest BCUT2D eigenvalue weighted by Gasteiger charge is 2.33. The standard InChI is InChI=1S/C20H23N3O2S/c1-12-8-13(11-20(2,3)10-12)21-17(24)15-9-14-18(26-15)22-16-6-4-5-7-23(16)19(14)25/h4-7,9,12-13H,8,10-11H2,1-3H3,(H,21,24). The number of aromatic nitrogens is 2. The van der Waals surface area contributed by atoms with Gasteiger partial charge in [-0.2, -0.15) is 0 Å². The Kier molecular flexibility index (Phi) is 4.10. The van der Waals surface area contributed by atoms with Crippen LogP contribution < -0.4 is 10.9 Å². The van der Waals surface area contributed by atoms with E-state index >= 15 is 0 Å². The van der Waals surface area contributed by atoms with Crippen LogP contribution in [-0.2, 0) is 0 Å². The molecule has 1 aliphatic carbocycles. The van der Waals surface area contributed by atoms with Gasteiger partial charge in [-0.3, -0.25) is 14.0 Å². The van der Waals surface area contributed by atoms with E-state index in [1.807, 2.05) is 6.07 Å². The van der Waals surface area contributed by atoms with Crippen LogP contribution in [-0.4, -0.2) is 21.3 Å². The molecule has 3 heterocycles. The van der Waals surface area contributed by atoms with Gasteiger partial charge in [-0.15, -0.1) is 11.3 Å². The van der Waals surface area contributed by atoms with Gasteiger partial charge >= 0.3 is 0 Å². The number of thiophene rings is 1. The summed E-state index contributed by atoms with van der Waals surface area (Å²) in [6, 6.07) is 7.31. The second kappa shape index (κ2) is 6.20. The summed E-state index contributed by atoms with van der Waals surface area (Å²) in [6.45, 7) is 6.77. The Hall–Kier alpha value is -2.21. The lowest BCUT2D eigenvalue weighted by Crippen LogP contribution is -2.42. The van der Waals surface area contributed by atoms with E-state index < -0.39 is 0 Å². The summed E-state index contributed by atoms with van der Waals surface area (Å²) >= 11 is 1.29. The second-order valence-corrected chi connectivity index (χ2v) is 9.29. The van der Waals surface area contributed by atoms with Crippen molar-refractivity contribution in [2.45, 2.75) is 46.1 Å². The number of hydrogen-bond acceptors (Lipinski definition) is 4. The summed E-state index contributed by atoms with van der Waals surface area (Å²) < 4.78 is 1.52. The van der Waals surface area contributed by atoms with E-state index in [9.17, 15) is 9.59 Å². The lowest BCUT2D eigenvalue weighted by Gasteiger charge is -2.39. The lowest BCUT2D eigenvalue weighted by atomic mass is 9.70. The van der Waals surface area contributed by atoms with E-state index in [1.54, 1.807) is 24.4 Å². The first-order valence-electron chi connectivity index (χ1n) is 9.04. The number of amides is 1. The number of rotatable bonds is 2. The van der Waals surface area contributed by atoms with Crippen LogP contribution >= 0.6 is 11.3 Å². The van der Waals surface area contributed by atoms with Gasteiger partial charge in [0, 0.05) is 12.2 Å². The number of carbonyl (C=O) groups is 1. The SMILES string of the molecule is CC1CC(NC(=O)c2cc3c(=O)n4ccccc4nc3s2)CC(C)(C)C1. The topological polar surface area (TPSA) is 63.5 Å². The largest absolute Gasteiger partial charge is 0.349 e. The molecule has 1 aliphatic rings. The van der Waals surface area contributed by atoms with Crippen LogP contribution in [0.5, 0.6) is 0 Å². The maximum absolute atomic E-state index is 12.8. The molecule has 1 fully saturated rings. The molecule has 0 aliphatic heterocycles. The first-order valence-corrected chi connectivity index (χ1v) is 9.86. The summed E-state index contributed by atoms with van der Waals surface area (Å²) in [5, 5.41) is 3.68. The Labute approximate surface area is 156 Å². The van der Waals surface area contributed by atoms with Crippen molar-refractivity contribution in [2.75, 3.05) is 0 Å². The summed E-state index contributed by atoms with van der Waals surface area (Å²) in [6.07, 6.45) is 4.88. The highest BCUT2D eigenvalue weighted by atomic mass is 32.1. The fourth-order valence-electron chi connectivity index (χ4n) is 4.37. The molecule has 1 saturated carbocycles. The van der Waals surface area contributed by atoms with Crippen molar-refractivity contribution >= 4 is 33.1 Å². The smallest absolute Gasteiger partial charge is 0.266 e. The maximum Gasteiger partial charge on any atom is 0.266 e. The summed E-state index contributed by atoms with van der Waals surface area (Å²) in [4.78, 5) is 31.1. The van der Waals surface area contributed by atoms with Crippen molar-refractivity contribution in [2.24, 2.45) is 11.3 Å². The van der Waals surface area contributed by atoms with Crippen LogP contribution in [0.1, 0.15) is 49.7 Å². The van der Waals surface area contributed by atoms with Gasteiger partial charge in [0.15, 0.2) is 0 Å². The van der Waals surface area contributed by atoms with Gasteiger partial charge in [0.05, 0.1) is 10.3 Å². The van der Waals surface area contributed by atoms with Gasteiger partial charge in [-0.05, 0) is 48.8 Å². The lowest BCUT2D eigenvalue weighted by molar-refractivity contribution is 0.0878. The predicted molar refractivity (Wildman–Crippen MR) is 105 cm³/mol. The van der Waals surface area contributed by atoms with Crippen molar-refractivity contribution in [1.82, 2.24) is 14.7 Å². The molecule has 3 aromatic rings. The number of carbonyl (C=O) groups excluding carboxylic acids is 1. The van der Waals surface area contributed by atoms with E-state index in [0.717, 1.165) is 12.8 Å². The zero-order valence-electron chi connectivity index (χ0n) is 15.3. The molecule has 2 unspecified atom stereocenters. The molecular formula is C20H23N3O2S. The number of hydrogen-bond donors (Lipinski definition) is 1. The Morgan fingerprint density at radius 2 is 2.15 bits per heavy atom. The molecule has 6 heteroatoms.